The van der Waals surface area contributed by atoms with Gasteiger partial charge in [0.1, 0.15) is 44.7 Å². The Balaban J connectivity index is 0.000000133. The zero-order chi connectivity index (χ0) is 81.5. The molecule has 12 aromatic rings. The smallest absolute Gasteiger partial charge is 0.216 e. The first-order valence-electron chi connectivity index (χ1n) is 35.8. The molecule has 0 aliphatic carbocycles. The number of nitrogens with zero attached hydrogens (tertiary/aromatic N) is 23. The number of rotatable bonds is 21. The van der Waals surface area contributed by atoms with Crippen LogP contribution in [0.2, 0.25) is 5.15 Å². The molecule has 584 valence electrons. The highest BCUT2D eigenvalue weighted by Crippen LogP contribution is 2.46. The van der Waals surface area contributed by atoms with Crippen LogP contribution in [0, 0.1) is 71.0 Å². The number of aromatic nitrogens is 16. The number of H-pyrrole nitrogens is 4. The van der Waals surface area contributed by atoms with E-state index >= 15 is 0 Å². The number of sulfonamides is 4. The van der Waals surface area contributed by atoms with E-state index in [9.17, 15) is 54.7 Å². The van der Waals surface area contributed by atoms with E-state index in [2.05, 4.69) is 99.1 Å². The van der Waals surface area contributed by atoms with Gasteiger partial charge in [-0.1, -0.05) is 18.5 Å². The second-order valence-corrected chi connectivity index (χ2v) is 37.9. The highest BCUT2D eigenvalue weighted by Gasteiger charge is 2.55. The van der Waals surface area contributed by atoms with Crippen molar-refractivity contribution in [3.63, 3.8) is 0 Å². The zero-order valence-electron chi connectivity index (χ0n) is 62.4. The van der Waals surface area contributed by atoms with Crippen molar-refractivity contribution in [2.24, 2.45) is 5.92 Å². The second kappa shape index (κ2) is 31.1. The lowest BCUT2D eigenvalue weighted by molar-refractivity contribution is 0.0357. The van der Waals surface area contributed by atoms with Gasteiger partial charge in [-0.2, -0.15) is 58.7 Å². The number of nitriles is 4. The quantitative estimate of drug-likeness (QED) is 0.0486. The number of halogens is 1. The van der Waals surface area contributed by atoms with E-state index in [1.165, 1.54) is 35.8 Å². The lowest BCUT2D eigenvalue weighted by Gasteiger charge is -2.50. The molecule has 0 spiro atoms. The molecule has 4 aliphatic heterocycles. The standard InChI is InChI=1S/3C19H19N7O2S.C17H17ClN6O2S/c1-13(2)29(27,28)25-11-19(12-25,5-6-20)26-10-14(8-24-26)17-15-4-7-22-18(15)23-9-16(17)21-3;1-4-29(27,28)25-11-19(12-25,13(2)7-20)26-10-14(8-24-26)17-15-5-6-22-18(15)23-9-16(17)21-3;1-3-8-29(27,28)25-12-19(13-25,5-6-20)26-11-14(9-24-26)17-15-4-7-22-18(15)23-10-16(17)21-2;1-2-27(25,26)23-10-17(11-23,5-6-19)24-9-14(15(18)22-24)12-3-7-20-16-13(12)4-8-21-16/h4,7-10,13H,5,11-12H2,1-2H3,(H,22,23);5-6,8-10,13H,4,11-12H2,1-2H3,(H,22,23);4,7,9-11H,3,5,8,12-13H2,1H3,(H,22,23);3-4,7-9H,2,5,10-11H2,1H3,(H,20,21). The third kappa shape index (κ3) is 14.3. The van der Waals surface area contributed by atoms with Crippen LogP contribution < -0.4 is 0 Å². The molecular formula is C74H74ClN27O8S4. The van der Waals surface area contributed by atoms with Crippen molar-refractivity contribution in [1.82, 2.24) is 96.2 Å². The Morgan fingerprint density at radius 2 is 0.860 bits per heavy atom. The first-order chi connectivity index (χ1) is 54.5. The van der Waals surface area contributed by atoms with Crippen molar-refractivity contribution in [3.05, 3.63) is 163 Å². The van der Waals surface area contributed by atoms with Gasteiger partial charge in [-0.25, -0.2) is 53.2 Å². The second-order valence-electron chi connectivity index (χ2n) is 28.4. The fourth-order valence-corrected chi connectivity index (χ4v) is 20.4. The lowest BCUT2D eigenvalue weighted by Crippen LogP contribution is -2.67. The Morgan fingerprint density at radius 1 is 0.482 bits per heavy atom. The molecule has 16 heterocycles. The molecule has 4 fully saturated rings. The molecule has 4 N–H and O–H groups in total. The van der Waals surface area contributed by atoms with Crippen molar-refractivity contribution >= 4 is 113 Å². The summed E-state index contributed by atoms with van der Waals surface area (Å²) in [5.74, 6) is -0.297. The van der Waals surface area contributed by atoms with E-state index in [0.29, 0.717) is 45.6 Å². The topological polar surface area (TPSA) is 444 Å². The molecule has 1 unspecified atom stereocenters. The number of hydrogen-bond acceptors (Lipinski definition) is 20. The van der Waals surface area contributed by atoms with E-state index in [-0.39, 0.29) is 88.9 Å². The molecule has 0 aromatic carbocycles. The van der Waals surface area contributed by atoms with Crippen molar-refractivity contribution < 1.29 is 33.7 Å². The van der Waals surface area contributed by atoms with E-state index in [0.717, 1.165) is 71.7 Å². The molecule has 4 saturated heterocycles. The predicted octanol–water partition coefficient (Wildman–Crippen LogP) is 10.1. The highest BCUT2D eigenvalue weighted by atomic mass is 35.5. The van der Waals surface area contributed by atoms with Gasteiger partial charge in [0, 0.05) is 187 Å². The highest BCUT2D eigenvalue weighted by molar-refractivity contribution is 7.90. The van der Waals surface area contributed by atoms with Crippen molar-refractivity contribution in [3.8, 4) is 68.8 Å². The maximum atomic E-state index is 12.4. The molecule has 35 nitrogen and oxygen atoms in total. The zero-order valence-corrected chi connectivity index (χ0v) is 66.4. The number of nitrogens with one attached hydrogen (secondary N) is 4. The number of aromatic amines is 4. The largest absolute Gasteiger partial charge is 0.346 e. The molecule has 0 bridgehead atoms. The van der Waals surface area contributed by atoms with E-state index in [4.69, 9.17) is 31.3 Å². The fraction of sp³-hybridized carbons (Fsp3) is 0.365. The number of pyridine rings is 4. The van der Waals surface area contributed by atoms with Gasteiger partial charge in [0.05, 0.1) is 110 Å². The Labute approximate surface area is 661 Å². The summed E-state index contributed by atoms with van der Waals surface area (Å²) in [5, 5.41) is 58.4. The summed E-state index contributed by atoms with van der Waals surface area (Å²) in [5.41, 5.74) is 7.06. The Hall–Kier alpha value is -12.0. The van der Waals surface area contributed by atoms with Crippen LogP contribution in [0.15, 0.2) is 123 Å². The van der Waals surface area contributed by atoms with Gasteiger partial charge in [0.15, 0.2) is 5.15 Å². The minimum Gasteiger partial charge on any atom is -0.346 e. The molecule has 12 aromatic heterocycles. The van der Waals surface area contributed by atoms with Crippen LogP contribution in [-0.4, -0.2) is 205 Å². The Bertz CT molecular complexity index is 6510. The SMILES string of the molecule is CCS(=O)(=O)N1CC(CC#N)(n2cc(-c3ccnc4[nH]ccc34)c(Cl)n2)C1.[C-]#[N+]c1cnc2[nH]ccc2c1-c1cnn(C2(C(C)C#N)CN(S(=O)(=O)CC)C2)c1.[C-]#[N+]c1cnc2[nH]ccc2c1-c1cnn(C2(CC#N)CN(S(=O)(=O)C(C)C)C2)c1.[C-]#[N+]c1cnc2[nH]ccc2c1-c1cnn(C2(CC#N)CN(S(=O)(=O)CCC)C2)c1. The summed E-state index contributed by atoms with van der Waals surface area (Å²) >= 11 is 6.41. The molecule has 114 heavy (non-hydrogen) atoms. The third-order valence-electron chi connectivity index (χ3n) is 21.3. The lowest BCUT2D eigenvalue weighted by atomic mass is 9.80. The summed E-state index contributed by atoms with van der Waals surface area (Å²) in [6.07, 6.45) is 26.4. The first-order valence-corrected chi connectivity index (χ1v) is 42.5. The van der Waals surface area contributed by atoms with Crippen LogP contribution in [0.4, 0.5) is 17.1 Å². The van der Waals surface area contributed by atoms with Crippen LogP contribution in [0.1, 0.15) is 67.2 Å². The maximum absolute atomic E-state index is 12.4. The first kappa shape index (κ1) is 80.0. The molecule has 0 radical (unpaired) electrons. The van der Waals surface area contributed by atoms with Crippen LogP contribution in [0.5, 0.6) is 0 Å². The van der Waals surface area contributed by atoms with Gasteiger partial charge >= 0.3 is 0 Å². The number of fused-ring (bicyclic) bond motifs is 4. The van der Waals surface area contributed by atoms with Crippen LogP contribution >= 0.6 is 11.6 Å². The molecule has 4 aliphatic rings. The number of hydrogen-bond donors (Lipinski definition) is 4. The van der Waals surface area contributed by atoms with Gasteiger partial charge in [0.25, 0.3) is 0 Å². The molecular weight excluding hydrogens is 1560 g/mol. The molecule has 40 heteroatoms. The van der Waals surface area contributed by atoms with Crippen LogP contribution in [0.3, 0.4) is 0 Å². The monoisotopic (exact) mass is 1630 g/mol. The van der Waals surface area contributed by atoms with E-state index < -0.39 is 73.4 Å². The van der Waals surface area contributed by atoms with E-state index in [1.54, 1.807) is 128 Å². The van der Waals surface area contributed by atoms with Crippen molar-refractivity contribution in [1.29, 1.82) is 21.0 Å². The van der Waals surface area contributed by atoms with Gasteiger partial charge in [-0.15, -0.1) is 0 Å². The molecule has 1 atom stereocenters. The minimum atomic E-state index is -3.38. The maximum Gasteiger partial charge on any atom is 0.216 e. The minimum absolute atomic E-state index is 0.0191. The van der Waals surface area contributed by atoms with Gasteiger partial charge in [-0.3, -0.25) is 33.7 Å². The summed E-state index contributed by atoms with van der Waals surface area (Å²) in [6, 6.07) is 18.1. The summed E-state index contributed by atoms with van der Waals surface area (Å²) in [4.78, 5) is 39.9. The van der Waals surface area contributed by atoms with Crippen LogP contribution in [-0.2, 0) is 62.2 Å². The Kier molecular flexibility index (Phi) is 21.9. The normalized spacial score (nSPS) is 16.7. The van der Waals surface area contributed by atoms with E-state index in [1.807, 2.05) is 37.3 Å². The predicted molar refractivity (Wildman–Crippen MR) is 424 cm³/mol. The Morgan fingerprint density at radius 3 is 1.25 bits per heavy atom. The summed E-state index contributed by atoms with van der Waals surface area (Å²) in [7, 11) is -13.3. The third-order valence-corrected chi connectivity index (χ3v) is 29.3. The molecule has 0 amide bonds. The molecule has 16 rings (SSSR count). The van der Waals surface area contributed by atoms with Crippen molar-refractivity contribution in [2.75, 3.05) is 69.6 Å². The van der Waals surface area contributed by atoms with Gasteiger partial charge in [-0.05, 0) is 76.9 Å². The van der Waals surface area contributed by atoms with Crippen LogP contribution in [0.25, 0.3) is 103 Å². The summed E-state index contributed by atoms with van der Waals surface area (Å²) in [6.45, 7) is 34.2. The summed E-state index contributed by atoms with van der Waals surface area (Å²) < 4.78 is 110. The average Bonchev–Trinajstić information content (AvgIpc) is 1.17. The molecule has 0 saturated carbocycles. The van der Waals surface area contributed by atoms with Gasteiger partial charge < -0.3 is 19.9 Å². The van der Waals surface area contributed by atoms with Gasteiger partial charge in [0.2, 0.25) is 57.2 Å². The average molecular weight is 1630 g/mol. The van der Waals surface area contributed by atoms with Crippen molar-refractivity contribution in [2.45, 2.75) is 94.6 Å². The fourth-order valence-electron chi connectivity index (χ4n) is 14.7.